The number of likely N-dealkylation sites (N-methyl/N-ethyl adjacent to an activating group) is 1. The van der Waals surface area contributed by atoms with E-state index < -0.39 is 0 Å². The standard InChI is InChI=1S/C22H37N5O3.HI/c1-18(16-30-20-11-14-29-17-20)25-22(24-15-21(28)26(2)3)23-12-8-13-27(4)19-9-6-5-7-10-19;/h5-7,9-10,18,20H,8,11-17H2,1-4H3,(H2,23,24,25);1H. The first-order valence-corrected chi connectivity index (χ1v) is 10.7. The van der Waals surface area contributed by atoms with E-state index in [-0.39, 0.29) is 48.6 Å². The fourth-order valence-corrected chi connectivity index (χ4v) is 2.98. The Bertz CT molecular complexity index is 654. The van der Waals surface area contributed by atoms with Crippen molar-refractivity contribution in [2.24, 2.45) is 4.99 Å². The number of ether oxygens (including phenoxy) is 2. The van der Waals surface area contributed by atoms with Crippen LogP contribution >= 0.6 is 24.0 Å². The van der Waals surface area contributed by atoms with Crippen molar-refractivity contribution in [2.75, 3.05) is 65.5 Å². The van der Waals surface area contributed by atoms with Crippen LogP contribution in [0.1, 0.15) is 19.8 Å². The van der Waals surface area contributed by atoms with Gasteiger partial charge in [-0.1, -0.05) is 18.2 Å². The number of para-hydroxylation sites is 1. The van der Waals surface area contributed by atoms with Gasteiger partial charge in [-0.25, -0.2) is 4.99 Å². The second kappa shape index (κ2) is 15.3. The molecule has 9 heteroatoms. The van der Waals surface area contributed by atoms with Crippen LogP contribution in [-0.2, 0) is 14.3 Å². The number of amides is 1. The van der Waals surface area contributed by atoms with Gasteiger partial charge in [0.25, 0.3) is 0 Å². The molecule has 1 saturated heterocycles. The first kappa shape index (κ1) is 27.4. The van der Waals surface area contributed by atoms with E-state index in [1.165, 1.54) is 5.69 Å². The van der Waals surface area contributed by atoms with Crippen LogP contribution in [0.2, 0.25) is 0 Å². The fourth-order valence-electron chi connectivity index (χ4n) is 2.98. The average molecular weight is 547 g/mol. The third kappa shape index (κ3) is 11.0. The van der Waals surface area contributed by atoms with Crippen molar-refractivity contribution in [3.63, 3.8) is 0 Å². The summed E-state index contributed by atoms with van der Waals surface area (Å²) in [7, 11) is 5.56. The van der Waals surface area contributed by atoms with Crippen LogP contribution in [0.3, 0.4) is 0 Å². The molecule has 1 heterocycles. The van der Waals surface area contributed by atoms with Crippen molar-refractivity contribution in [1.82, 2.24) is 15.5 Å². The summed E-state index contributed by atoms with van der Waals surface area (Å²) in [6.07, 6.45) is 2.06. The molecule has 2 N–H and O–H groups in total. The number of nitrogens with zero attached hydrogens (tertiary/aromatic N) is 3. The highest BCUT2D eigenvalue weighted by Gasteiger charge is 2.17. The molecule has 1 fully saturated rings. The Morgan fingerprint density at radius 1 is 1.29 bits per heavy atom. The molecule has 0 radical (unpaired) electrons. The van der Waals surface area contributed by atoms with E-state index in [4.69, 9.17) is 9.47 Å². The SMILES string of the molecule is CC(COC1CCOC1)NC(=NCC(=O)N(C)C)NCCCN(C)c1ccccc1.I. The third-order valence-corrected chi connectivity index (χ3v) is 4.88. The summed E-state index contributed by atoms with van der Waals surface area (Å²) in [5, 5.41) is 6.68. The maximum absolute atomic E-state index is 11.9. The zero-order valence-electron chi connectivity index (χ0n) is 19.2. The Kier molecular flexibility index (Phi) is 13.5. The Labute approximate surface area is 203 Å². The number of aliphatic imine (C=N–C) groups is 1. The van der Waals surface area contributed by atoms with Crippen molar-refractivity contribution in [1.29, 1.82) is 0 Å². The monoisotopic (exact) mass is 547 g/mol. The summed E-state index contributed by atoms with van der Waals surface area (Å²) < 4.78 is 11.2. The molecule has 2 rings (SSSR count). The van der Waals surface area contributed by atoms with Crippen molar-refractivity contribution < 1.29 is 14.3 Å². The van der Waals surface area contributed by atoms with Crippen molar-refractivity contribution >= 4 is 41.5 Å². The molecule has 1 aliphatic rings. The third-order valence-electron chi connectivity index (χ3n) is 4.88. The predicted octanol–water partition coefficient (Wildman–Crippen LogP) is 1.95. The summed E-state index contributed by atoms with van der Waals surface area (Å²) >= 11 is 0. The maximum atomic E-state index is 11.9. The molecule has 1 aromatic rings. The molecule has 176 valence electrons. The van der Waals surface area contributed by atoms with E-state index in [1.54, 1.807) is 19.0 Å². The Morgan fingerprint density at radius 3 is 2.68 bits per heavy atom. The Morgan fingerprint density at radius 2 is 2.03 bits per heavy atom. The van der Waals surface area contributed by atoms with Crippen LogP contribution in [0.15, 0.2) is 35.3 Å². The van der Waals surface area contributed by atoms with Gasteiger partial charge in [0, 0.05) is 52.6 Å². The highest BCUT2D eigenvalue weighted by molar-refractivity contribution is 14.0. The van der Waals surface area contributed by atoms with E-state index in [9.17, 15) is 4.79 Å². The van der Waals surface area contributed by atoms with Crippen LogP contribution in [0, 0.1) is 0 Å². The number of anilines is 1. The molecule has 1 aliphatic heterocycles. The fraction of sp³-hybridized carbons (Fsp3) is 0.636. The minimum absolute atomic E-state index is 0. The molecular weight excluding hydrogens is 509 g/mol. The summed E-state index contributed by atoms with van der Waals surface area (Å²) in [5.74, 6) is 0.596. The lowest BCUT2D eigenvalue weighted by molar-refractivity contribution is -0.127. The second-order valence-corrected chi connectivity index (χ2v) is 7.85. The predicted molar refractivity (Wildman–Crippen MR) is 137 cm³/mol. The molecule has 2 atom stereocenters. The highest BCUT2D eigenvalue weighted by Crippen LogP contribution is 2.10. The van der Waals surface area contributed by atoms with Gasteiger partial charge in [-0.15, -0.1) is 24.0 Å². The second-order valence-electron chi connectivity index (χ2n) is 7.85. The lowest BCUT2D eigenvalue weighted by Crippen LogP contribution is -2.45. The van der Waals surface area contributed by atoms with Gasteiger partial charge in [-0.05, 0) is 31.9 Å². The van der Waals surface area contributed by atoms with Crippen LogP contribution in [-0.4, -0.2) is 89.5 Å². The summed E-state index contributed by atoms with van der Waals surface area (Å²) in [5.41, 5.74) is 1.20. The first-order valence-electron chi connectivity index (χ1n) is 10.7. The molecule has 1 amide bonds. The molecule has 0 saturated carbocycles. The van der Waals surface area contributed by atoms with Crippen molar-refractivity contribution in [3.8, 4) is 0 Å². The van der Waals surface area contributed by atoms with Gasteiger partial charge in [-0.3, -0.25) is 4.79 Å². The lowest BCUT2D eigenvalue weighted by atomic mass is 10.3. The lowest BCUT2D eigenvalue weighted by Gasteiger charge is -2.22. The highest BCUT2D eigenvalue weighted by atomic mass is 127. The largest absolute Gasteiger partial charge is 0.379 e. The zero-order valence-corrected chi connectivity index (χ0v) is 21.5. The zero-order chi connectivity index (χ0) is 21.8. The van der Waals surface area contributed by atoms with E-state index in [2.05, 4.69) is 39.7 Å². The molecule has 0 aliphatic carbocycles. The van der Waals surface area contributed by atoms with Gasteiger partial charge in [0.1, 0.15) is 6.54 Å². The molecular formula is C22H38IN5O3. The van der Waals surface area contributed by atoms with E-state index in [1.807, 2.05) is 25.1 Å². The van der Waals surface area contributed by atoms with Crippen molar-refractivity contribution in [3.05, 3.63) is 30.3 Å². The van der Waals surface area contributed by atoms with Gasteiger partial charge in [-0.2, -0.15) is 0 Å². The molecule has 0 bridgehead atoms. The van der Waals surface area contributed by atoms with Gasteiger partial charge in [0.2, 0.25) is 5.91 Å². The maximum Gasteiger partial charge on any atom is 0.243 e. The minimum Gasteiger partial charge on any atom is -0.379 e. The number of nitrogens with one attached hydrogen (secondary N) is 2. The average Bonchev–Trinajstić information content (AvgIpc) is 3.27. The molecule has 31 heavy (non-hydrogen) atoms. The Hall–Kier alpha value is -1.59. The quantitative estimate of drug-likeness (QED) is 0.191. The molecule has 0 aromatic heterocycles. The van der Waals surface area contributed by atoms with Crippen molar-refractivity contribution in [2.45, 2.75) is 31.9 Å². The van der Waals surface area contributed by atoms with Crippen LogP contribution < -0.4 is 15.5 Å². The van der Waals surface area contributed by atoms with Crippen LogP contribution in [0.25, 0.3) is 0 Å². The van der Waals surface area contributed by atoms with Gasteiger partial charge >= 0.3 is 0 Å². The topological polar surface area (TPSA) is 78.4 Å². The van der Waals surface area contributed by atoms with Crippen LogP contribution in [0.5, 0.6) is 0 Å². The molecule has 8 nitrogen and oxygen atoms in total. The number of rotatable bonds is 11. The van der Waals surface area contributed by atoms with E-state index >= 15 is 0 Å². The molecule has 0 spiro atoms. The number of hydrogen-bond acceptors (Lipinski definition) is 5. The smallest absolute Gasteiger partial charge is 0.243 e. The normalized spacial score (nSPS) is 16.9. The number of guanidine groups is 1. The van der Waals surface area contributed by atoms with Gasteiger partial charge < -0.3 is 29.9 Å². The van der Waals surface area contributed by atoms with Gasteiger partial charge in [0.05, 0.1) is 19.3 Å². The van der Waals surface area contributed by atoms with E-state index in [0.717, 1.165) is 32.5 Å². The summed E-state index contributed by atoms with van der Waals surface area (Å²) in [6, 6.07) is 10.4. The van der Waals surface area contributed by atoms with Crippen LogP contribution in [0.4, 0.5) is 5.69 Å². The number of hydrogen-bond donors (Lipinski definition) is 2. The first-order chi connectivity index (χ1) is 14.5. The summed E-state index contributed by atoms with van der Waals surface area (Å²) in [6.45, 7) is 5.82. The Balaban J connectivity index is 0.00000480. The summed E-state index contributed by atoms with van der Waals surface area (Å²) in [4.78, 5) is 20.1. The van der Waals surface area contributed by atoms with E-state index in [0.29, 0.717) is 19.2 Å². The molecule has 2 unspecified atom stereocenters. The number of carbonyl (C=O) groups is 1. The number of benzene rings is 1. The number of carbonyl (C=O) groups excluding carboxylic acids is 1. The minimum atomic E-state index is -0.0353. The number of halogens is 1. The molecule has 1 aromatic carbocycles. The van der Waals surface area contributed by atoms with Gasteiger partial charge in [0.15, 0.2) is 5.96 Å².